The number of H-pyrrole nitrogens is 1. The first-order valence-electron chi connectivity index (χ1n) is 4.34. The first-order valence-corrected chi connectivity index (χ1v) is 4.34. The predicted octanol–water partition coefficient (Wildman–Crippen LogP) is 1.79. The smallest absolute Gasteiger partial charge is 0.249 e. The highest BCUT2D eigenvalue weighted by Crippen LogP contribution is 2.03. The summed E-state index contributed by atoms with van der Waals surface area (Å²) in [6, 6.07) is 1.77. The number of hydrogen-bond donors (Lipinski definition) is 2. The Bertz CT molecular complexity index is 363. The fourth-order valence-electron chi connectivity index (χ4n) is 0.904. The normalized spacial score (nSPS) is 11.3. The third-order valence-electron chi connectivity index (χ3n) is 1.51. The van der Waals surface area contributed by atoms with E-state index in [9.17, 15) is 4.79 Å². The van der Waals surface area contributed by atoms with Crippen molar-refractivity contribution in [3.8, 4) is 0 Å². The molecule has 1 aromatic heterocycles. The Morgan fingerprint density at radius 3 is 2.93 bits per heavy atom. The highest BCUT2D eigenvalue weighted by Gasteiger charge is 1.99. The van der Waals surface area contributed by atoms with Crippen molar-refractivity contribution in [2.75, 3.05) is 5.32 Å². The highest BCUT2D eigenvalue weighted by molar-refractivity contribution is 5.98. The van der Waals surface area contributed by atoms with E-state index in [1.165, 1.54) is 6.08 Å². The van der Waals surface area contributed by atoms with E-state index < -0.39 is 0 Å². The second-order valence-corrected chi connectivity index (χ2v) is 2.81. The monoisotopic (exact) mass is 191 g/mol. The van der Waals surface area contributed by atoms with Crippen LogP contribution in [0.3, 0.4) is 0 Å². The third-order valence-corrected chi connectivity index (χ3v) is 1.51. The maximum atomic E-state index is 11.2. The van der Waals surface area contributed by atoms with Gasteiger partial charge in [0.25, 0.3) is 0 Å². The second kappa shape index (κ2) is 5.01. The quantitative estimate of drug-likeness (QED) is 0.565. The Kier molecular flexibility index (Phi) is 3.67. The Labute approximate surface area is 82.7 Å². The van der Waals surface area contributed by atoms with Gasteiger partial charge < -0.3 is 5.32 Å². The van der Waals surface area contributed by atoms with Crippen LogP contribution < -0.4 is 5.32 Å². The molecule has 1 amide bonds. The number of hydrogen-bond acceptors (Lipinski definition) is 2. The minimum Gasteiger partial charge on any atom is -0.306 e. The van der Waals surface area contributed by atoms with E-state index >= 15 is 0 Å². The van der Waals surface area contributed by atoms with E-state index in [0.29, 0.717) is 5.82 Å². The fraction of sp³-hybridized carbons (Fsp3) is 0.200. The Hall–Kier alpha value is -1.84. The van der Waals surface area contributed by atoms with E-state index in [4.69, 9.17) is 0 Å². The Morgan fingerprint density at radius 1 is 1.57 bits per heavy atom. The van der Waals surface area contributed by atoms with Gasteiger partial charge in [0.1, 0.15) is 0 Å². The molecule has 0 atom stereocenters. The maximum Gasteiger partial charge on any atom is 0.249 e. The molecule has 1 heterocycles. The van der Waals surface area contributed by atoms with Crippen LogP contribution in [0.25, 0.3) is 0 Å². The van der Waals surface area contributed by atoms with Crippen LogP contribution in [-0.4, -0.2) is 16.1 Å². The minimum atomic E-state index is -0.186. The fourth-order valence-corrected chi connectivity index (χ4v) is 0.904. The zero-order valence-electron chi connectivity index (χ0n) is 8.24. The molecule has 0 unspecified atom stereocenters. The van der Waals surface area contributed by atoms with Crippen LogP contribution in [0.1, 0.15) is 12.6 Å². The van der Waals surface area contributed by atoms with Crippen molar-refractivity contribution in [2.45, 2.75) is 13.8 Å². The molecule has 0 aromatic carbocycles. The molecule has 0 bridgehead atoms. The van der Waals surface area contributed by atoms with E-state index in [2.05, 4.69) is 15.5 Å². The number of aryl methyl sites for hydroxylation is 1. The van der Waals surface area contributed by atoms with Crippen LogP contribution in [0, 0.1) is 6.92 Å². The molecule has 14 heavy (non-hydrogen) atoms. The summed E-state index contributed by atoms with van der Waals surface area (Å²) in [4.78, 5) is 11.2. The van der Waals surface area contributed by atoms with Crippen molar-refractivity contribution in [1.82, 2.24) is 10.2 Å². The van der Waals surface area contributed by atoms with Crippen LogP contribution in [-0.2, 0) is 4.79 Å². The van der Waals surface area contributed by atoms with Gasteiger partial charge in [-0.2, -0.15) is 5.10 Å². The van der Waals surface area contributed by atoms with Crippen molar-refractivity contribution in [1.29, 1.82) is 0 Å². The number of carbonyl (C=O) groups is 1. The van der Waals surface area contributed by atoms with Gasteiger partial charge in [-0.1, -0.05) is 18.2 Å². The molecule has 2 N–H and O–H groups in total. The third kappa shape index (κ3) is 3.26. The average Bonchev–Trinajstić information content (AvgIpc) is 2.52. The second-order valence-electron chi connectivity index (χ2n) is 2.81. The molecule has 0 saturated carbocycles. The summed E-state index contributed by atoms with van der Waals surface area (Å²) in [7, 11) is 0. The number of nitrogens with zero attached hydrogens (tertiary/aromatic N) is 1. The summed E-state index contributed by atoms with van der Waals surface area (Å²) in [5.41, 5.74) is 0.915. The topological polar surface area (TPSA) is 57.8 Å². The van der Waals surface area contributed by atoms with Crippen LogP contribution in [0.4, 0.5) is 5.82 Å². The van der Waals surface area contributed by atoms with Crippen LogP contribution in [0.5, 0.6) is 0 Å². The summed E-state index contributed by atoms with van der Waals surface area (Å²) in [5, 5.41) is 9.23. The molecule has 1 aromatic rings. The van der Waals surface area contributed by atoms with E-state index in [-0.39, 0.29) is 5.91 Å². The van der Waals surface area contributed by atoms with Gasteiger partial charge in [0.05, 0.1) is 0 Å². The zero-order chi connectivity index (χ0) is 10.4. The largest absolute Gasteiger partial charge is 0.306 e. The lowest BCUT2D eigenvalue weighted by Gasteiger charge is -1.93. The number of nitrogens with one attached hydrogen (secondary N) is 2. The molecule has 0 radical (unpaired) electrons. The van der Waals surface area contributed by atoms with Crippen LogP contribution in [0.15, 0.2) is 30.4 Å². The lowest BCUT2D eigenvalue weighted by molar-refractivity contribution is -0.111. The molecule has 0 aliphatic heterocycles. The molecule has 4 heteroatoms. The van der Waals surface area contributed by atoms with E-state index in [0.717, 1.165) is 5.69 Å². The molecule has 0 spiro atoms. The van der Waals surface area contributed by atoms with Crippen LogP contribution in [0.2, 0.25) is 0 Å². The maximum absolute atomic E-state index is 11.2. The number of allylic oxidation sites excluding steroid dienone is 3. The predicted molar refractivity (Wildman–Crippen MR) is 55.9 cm³/mol. The number of rotatable bonds is 3. The molecule has 0 aliphatic carbocycles. The van der Waals surface area contributed by atoms with Gasteiger partial charge in [-0.3, -0.25) is 9.89 Å². The van der Waals surface area contributed by atoms with Gasteiger partial charge in [-0.15, -0.1) is 0 Å². The molecule has 4 nitrogen and oxygen atoms in total. The SMILES string of the molecule is C/C=C/C=C/C(=O)Nc1cc(C)[nH]n1. The van der Waals surface area contributed by atoms with Crippen LogP contribution >= 0.6 is 0 Å². The number of amides is 1. The number of aromatic nitrogens is 2. The van der Waals surface area contributed by atoms with Gasteiger partial charge in [-0.05, 0) is 13.8 Å². The summed E-state index contributed by atoms with van der Waals surface area (Å²) >= 11 is 0. The lowest BCUT2D eigenvalue weighted by atomic mass is 10.4. The summed E-state index contributed by atoms with van der Waals surface area (Å²) < 4.78 is 0. The van der Waals surface area contributed by atoms with Crippen molar-refractivity contribution in [3.63, 3.8) is 0 Å². The number of carbonyl (C=O) groups excluding carboxylic acids is 1. The Balaban J connectivity index is 2.49. The average molecular weight is 191 g/mol. The molecule has 1 rings (SSSR count). The number of anilines is 1. The van der Waals surface area contributed by atoms with Gasteiger partial charge in [0.2, 0.25) is 5.91 Å². The molecule has 74 valence electrons. The molecular formula is C10H13N3O. The zero-order valence-corrected chi connectivity index (χ0v) is 8.24. The van der Waals surface area contributed by atoms with E-state index in [1.54, 1.807) is 18.2 Å². The van der Waals surface area contributed by atoms with Gasteiger partial charge in [0.15, 0.2) is 5.82 Å². The van der Waals surface area contributed by atoms with Gasteiger partial charge in [0, 0.05) is 17.8 Å². The summed E-state index contributed by atoms with van der Waals surface area (Å²) in [6.45, 7) is 3.76. The lowest BCUT2D eigenvalue weighted by Crippen LogP contribution is -2.07. The van der Waals surface area contributed by atoms with E-state index in [1.807, 2.05) is 19.9 Å². The van der Waals surface area contributed by atoms with Gasteiger partial charge in [-0.25, -0.2) is 0 Å². The standard InChI is InChI=1S/C10H13N3O/c1-3-4-5-6-10(14)11-9-7-8(2)12-13-9/h3-7H,1-2H3,(H2,11,12,13,14)/b4-3+,6-5+. The first-order chi connectivity index (χ1) is 6.72. The van der Waals surface area contributed by atoms with Crippen molar-refractivity contribution in [3.05, 3.63) is 36.1 Å². The van der Waals surface area contributed by atoms with Crippen molar-refractivity contribution < 1.29 is 4.79 Å². The summed E-state index contributed by atoms with van der Waals surface area (Å²) in [5.74, 6) is 0.354. The van der Waals surface area contributed by atoms with Gasteiger partial charge >= 0.3 is 0 Å². The highest BCUT2D eigenvalue weighted by atomic mass is 16.1. The first kappa shape index (κ1) is 10.2. The molecule has 0 aliphatic rings. The minimum absolute atomic E-state index is 0.186. The molecule has 0 fully saturated rings. The molecule has 0 saturated heterocycles. The summed E-state index contributed by atoms with van der Waals surface area (Å²) in [6.07, 6.45) is 6.76. The number of aromatic amines is 1. The van der Waals surface area contributed by atoms with Crippen molar-refractivity contribution in [2.24, 2.45) is 0 Å². The Morgan fingerprint density at radius 2 is 2.36 bits per heavy atom. The van der Waals surface area contributed by atoms with Crippen molar-refractivity contribution >= 4 is 11.7 Å². The molecular weight excluding hydrogens is 178 g/mol.